The van der Waals surface area contributed by atoms with Crippen molar-refractivity contribution in [1.82, 2.24) is 15.1 Å². The maximum atomic E-state index is 6.01. The van der Waals surface area contributed by atoms with E-state index in [0.29, 0.717) is 19.8 Å². The lowest BCUT2D eigenvalue weighted by Gasteiger charge is -2.45. The summed E-state index contributed by atoms with van der Waals surface area (Å²) in [5.74, 6) is 1.72. The molecule has 0 bridgehead atoms. The van der Waals surface area contributed by atoms with E-state index in [1.165, 1.54) is 0 Å². The predicted octanol–water partition coefficient (Wildman–Crippen LogP) is 1.91. The van der Waals surface area contributed by atoms with Crippen LogP contribution in [0.3, 0.4) is 0 Å². The Morgan fingerprint density at radius 2 is 2.35 bits per heavy atom. The summed E-state index contributed by atoms with van der Waals surface area (Å²) in [5.41, 5.74) is 1.94. The molecule has 2 aromatic heterocycles. The number of anilines is 2. The maximum absolute atomic E-state index is 6.01. The van der Waals surface area contributed by atoms with Gasteiger partial charge in [-0.05, 0) is 18.0 Å². The molecule has 0 radical (unpaired) electrons. The predicted molar refractivity (Wildman–Crippen MR) is 85.9 cm³/mol. The van der Waals surface area contributed by atoms with Gasteiger partial charge in [-0.2, -0.15) is 4.98 Å². The monoisotopic (exact) mass is 335 g/mol. The van der Waals surface area contributed by atoms with Crippen LogP contribution in [0.15, 0.2) is 16.8 Å². The van der Waals surface area contributed by atoms with Gasteiger partial charge in [-0.25, -0.2) is 4.98 Å². The van der Waals surface area contributed by atoms with Crippen molar-refractivity contribution >= 4 is 23.1 Å². The molecule has 2 aromatic rings. The average Bonchev–Trinajstić information content (AvgIpc) is 3.02. The normalized spacial score (nSPS) is 20.3. The Bertz CT molecular complexity index is 707. The Hall–Kier alpha value is -1.86. The second-order valence-electron chi connectivity index (χ2n) is 5.79. The van der Waals surface area contributed by atoms with Crippen LogP contribution in [0.5, 0.6) is 0 Å². The first-order chi connectivity index (χ1) is 11.2. The summed E-state index contributed by atoms with van der Waals surface area (Å²) in [6, 6.07) is 2.26. The minimum Gasteiger partial charge on any atom is -0.377 e. The first-order valence-corrected chi connectivity index (χ1v) is 8.18. The number of aryl methyl sites for hydroxylation is 1. The smallest absolute Gasteiger partial charge is 0.224 e. The van der Waals surface area contributed by atoms with Crippen LogP contribution in [0.25, 0.3) is 0 Å². The molecule has 2 aliphatic heterocycles. The number of aromatic nitrogens is 3. The third-order valence-corrected chi connectivity index (χ3v) is 4.49. The van der Waals surface area contributed by atoms with E-state index >= 15 is 0 Å². The van der Waals surface area contributed by atoms with Gasteiger partial charge in [0.2, 0.25) is 5.28 Å². The van der Waals surface area contributed by atoms with Crippen LogP contribution in [-0.4, -0.2) is 47.5 Å². The van der Waals surface area contributed by atoms with E-state index in [2.05, 4.69) is 31.8 Å². The zero-order valence-corrected chi connectivity index (χ0v) is 13.7. The fourth-order valence-electron chi connectivity index (χ4n) is 3.15. The van der Waals surface area contributed by atoms with Gasteiger partial charge in [-0.1, -0.05) is 12.1 Å². The Morgan fingerprint density at radius 3 is 3.17 bits per heavy atom. The van der Waals surface area contributed by atoms with Crippen LogP contribution in [0, 0.1) is 0 Å². The number of hydrogen-bond donors (Lipinski definition) is 0. The molecule has 0 N–H and O–H groups in total. The SMILES string of the molecule is CCc1cc(CN2CC3COCCN3c3nc(Cl)ncc32)on1. The molecule has 0 aromatic carbocycles. The van der Waals surface area contributed by atoms with Crippen molar-refractivity contribution in [3.8, 4) is 0 Å². The third kappa shape index (κ3) is 2.74. The van der Waals surface area contributed by atoms with Crippen molar-refractivity contribution in [2.75, 3.05) is 36.1 Å². The molecular weight excluding hydrogens is 318 g/mol. The fourth-order valence-corrected chi connectivity index (χ4v) is 3.28. The van der Waals surface area contributed by atoms with E-state index in [1.807, 2.05) is 6.07 Å². The lowest BCUT2D eigenvalue weighted by molar-refractivity contribution is 0.0934. The number of rotatable bonds is 3. The minimum absolute atomic E-state index is 0.260. The van der Waals surface area contributed by atoms with Gasteiger partial charge in [0, 0.05) is 19.2 Å². The van der Waals surface area contributed by atoms with E-state index in [1.54, 1.807) is 6.20 Å². The molecule has 1 saturated heterocycles. The third-order valence-electron chi connectivity index (χ3n) is 4.31. The Labute approximate surface area is 139 Å². The molecule has 0 spiro atoms. The standard InChI is InChI=1S/C15H18ClN5O2/c1-2-10-5-12(23-19-10)8-20-7-11-9-22-4-3-21(11)14-13(20)6-17-15(16)18-14/h5-6,11H,2-4,7-9H2,1H3. The molecule has 7 nitrogen and oxygen atoms in total. The highest BCUT2D eigenvalue weighted by molar-refractivity contribution is 6.28. The summed E-state index contributed by atoms with van der Waals surface area (Å²) in [6.07, 6.45) is 2.65. The largest absolute Gasteiger partial charge is 0.377 e. The number of fused-ring (bicyclic) bond motifs is 3. The topological polar surface area (TPSA) is 67.5 Å². The van der Waals surface area contributed by atoms with Gasteiger partial charge in [0.15, 0.2) is 11.6 Å². The highest BCUT2D eigenvalue weighted by Gasteiger charge is 2.35. The quantitative estimate of drug-likeness (QED) is 0.793. The van der Waals surface area contributed by atoms with E-state index in [4.69, 9.17) is 20.9 Å². The van der Waals surface area contributed by atoms with Crippen molar-refractivity contribution in [1.29, 1.82) is 0 Å². The van der Waals surface area contributed by atoms with Crippen molar-refractivity contribution in [3.63, 3.8) is 0 Å². The van der Waals surface area contributed by atoms with Crippen LogP contribution in [-0.2, 0) is 17.7 Å². The summed E-state index contributed by atoms with van der Waals surface area (Å²) in [5, 5.41) is 4.33. The first kappa shape index (κ1) is 14.7. The number of ether oxygens (including phenoxy) is 1. The highest BCUT2D eigenvalue weighted by atomic mass is 35.5. The van der Waals surface area contributed by atoms with Crippen molar-refractivity contribution < 1.29 is 9.26 Å². The molecule has 2 aliphatic rings. The highest BCUT2D eigenvalue weighted by Crippen LogP contribution is 2.35. The van der Waals surface area contributed by atoms with Gasteiger partial charge < -0.3 is 19.1 Å². The molecule has 23 heavy (non-hydrogen) atoms. The molecule has 4 heterocycles. The Kier molecular flexibility index (Phi) is 3.82. The summed E-state index contributed by atoms with van der Waals surface area (Å²) < 4.78 is 11.1. The molecule has 0 aliphatic carbocycles. The molecule has 1 fully saturated rings. The summed E-state index contributed by atoms with van der Waals surface area (Å²) >= 11 is 6.01. The molecule has 8 heteroatoms. The lowest BCUT2D eigenvalue weighted by atomic mass is 10.1. The molecule has 122 valence electrons. The van der Waals surface area contributed by atoms with Gasteiger partial charge >= 0.3 is 0 Å². The molecule has 0 amide bonds. The number of nitrogens with zero attached hydrogens (tertiary/aromatic N) is 5. The van der Waals surface area contributed by atoms with E-state index in [9.17, 15) is 0 Å². The van der Waals surface area contributed by atoms with E-state index < -0.39 is 0 Å². The molecule has 1 unspecified atom stereocenters. The Morgan fingerprint density at radius 1 is 1.43 bits per heavy atom. The summed E-state index contributed by atoms with van der Waals surface area (Å²) in [7, 11) is 0. The fraction of sp³-hybridized carbons (Fsp3) is 0.533. The zero-order valence-electron chi connectivity index (χ0n) is 12.9. The number of morpholine rings is 1. The van der Waals surface area contributed by atoms with Crippen LogP contribution in [0.1, 0.15) is 18.4 Å². The molecule has 0 saturated carbocycles. The second-order valence-corrected chi connectivity index (χ2v) is 6.13. The second kappa shape index (κ2) is 5.98. The van der Waals surface area contributed by atoms with E-state index in [-0.39, 0.29) is 11.3 Å². The van der Waals surface area contributed by atoms with E-state index in [0.717, 1.165) is 42.5 Å². The average molecular weight is 336 g/mol. The summed E-state index contributed by atoms with van der Waals surface area (Å²) in [4.78, 5) is 13.1. The van der Waals surface area contributed by atoms with Gasteiger partial charge in [0.25, 0.3) is 0 Å². The van der Waals surface area contributed by atoms with Crippen LogP contribution in [0.4, 0.5) is 11.5 Å². The Balaban J connectivity index is 1.66. The zero-order chi connectivity index (χ0) is 15.8. The lowest BCUT2D eigenvalue weighted by Crippen LogP contribution is -2.55. The maximum Gasteiger partial charge on any atom is 0.224 e. The van der Waals surface area contributed by atoms with Gasteiger partial charge in [0.1, 0.15) is 0 Å². The molecule has 4 rings (SSSR count). The number of hydrogen-bond acceptors (Lipinski definition) is 7. The van der Waals surface area contributed by atoms with Crippen LogP contribution in [0.2, 0.25) is 5.28 Å². The van der Waals surface area contributed by atoms with Crippen molar-refractivity contribution in [2.24, 2.45) is 0 Å². The summed E-state index contributed by atoms with van der Waals surface area (Å²) in [6.45, 7) is 5.75. The van der Waals surface area contributed by atoms with Crippen molar-refractivity contribution in [3.05, 3.63) is 29.0 Å². The van der Waals surface area contributed by atoms with Gasteiger partial charge in [0.05, 0.1) is 43.4 Å². The van der Waals surface area contributed by atoms with Gasteiger partial charge in [-0.15, -0.1) is 0 Å². The van der Waals surface area contributed by atoms with Crippen LogP contribution < -0.4 is 9.80 Å². The van der Waals surface area contributed by atoms with Crippen molar-refractivity contribution in [2.45, 2.75) is 25.9 Å². The van der Waals surface area contributed by atoms with Crippen LogP contribution >= 0.6 is 11.6 Å². The van der Waals surface area contributed by atoms with Gasteiger partial charge in [-0.3, -0.25) is 0 Å². The number of halogens is 1. The molecule has 1 atom stereocenters. The first-order valence-electron chi connectivity index (χ1n) is 7.81. The minimum atomic E-state index is 0.260. The molecular formula is C15H18ClN5O2.